The van der Waals surface area contributed by atoms with Crippen LogP contribution in [0.15, 0.2) is 71.4 Å². The maximum Gasteiger partial charge on any atom is 0.307 e. The third kappa shape index (κ3) is 5.36. The van der Waals surface area contributed by atoms with Gasteiger partial charge in [-0.3, -0.25) is 9.36 Å². The molecule has 0 aliphatic rings. The molecule has 0 fully saturated rings. The molecule has 2 aromatic heterocycles. The van der Waals surface area contributed by atoms with Crippen molar-refractivity contribution < 1.29 is 14.3 Å². The summed E-state index contributed by atoms with van der Waals surface area (Å²) in [5, 5.41) is 8.42. The van der Waals surface area contributed by atoms with Crippen molar-refractivity contribution in [2.75, 3.05) is 0 Å². The Morgan fingerprint density at radius 3 is 2.37 bits per heavy atom. The maximum absolute atomic E-state index is 9.37. The van der Waals surface area contributed by atoms with Crippen molar-refractivity contribution in [3.05, 3.63) is 89.2 Å². The number of carboxylic acids is 1. The molecule has 154 valence electrons. The average Bonchev–Trinajstić information content (AvgIpc) is 3.36. The Morgan fingerprint density at radius 1 is 1.13 bits per heavy atom. The number of halogens is 1. The summed E-state index contributed by atoms with van der Waals surface area (Å²) in [4.78, 5) is 18.3. The van der Waals surface area contributed by atoms with E-state index >= 15 is 0 Å². The van der Waals surface area contributed by atoms with Gasteiger partial charge in [-0.2, -0.15) is 4.98 Å². The molecular weight excluding hydrogens is 402 g/mol. The number of imidazole rings is 1. The SMILES string of the molecule is CCC(=O)O.Cc1nccn1-c1nc(-c2ccc(Cl)cc2)c(Cc2ccccc2)o1. The van der Waals surface area contributed by atoms with Crippen molar-refractivity contribution in [1.29, 1.82) is 0 Å². The molecule has 0 bridgehead atoms. The van der Waals surface area contributed by atoms with Gasteiger partial charge in [-0.1, -0.05) is 61.0 Å². The van der Waals surface area contributed by atoms with Crippen molar-refractivity contribution in [2.45, 2.75) is 26.7 Å². The van der Waals surface area contributed by atoms with Gasteiger partial charge in [0, 0.05) is 35.8 Å². The van der Waals surface area contributed by atoms with Gasteiger partial charge in [0.2, 0.25) is 0 Å². The second-order valence-electron chi connectivity index (χ2n) is 6.53. The van der Waals surface area contributed by atoms with Gasteiger partial charge in [0.25, 0.3) is 0 Å². The summed E-state index contributed by atoms with van der Waals surface area (Å²) in [6, 6.07) is 18.4. The number of aliphatic carboxylic acids is 1. The van der Waals surface area contributed by atoms with Gasteiger partial charge in [0.05, 0.1) is 0 Å². The van der Waals surface area contributed by atoms with E-state index in [9.17, 15) is 4.79 Å². The fourth-order valence-corrected chi connectivity index (χ4v) is 2.88. The fourth-order valence-electron chi connectivity index (χ4n) is 2.76. The summed E-state index contributed by atoms with van der Waals surface area (Å²) in [6.07, 6.45) is 4.47. The van der Waals surface area contributed by atoms with Crippen LogP contribution in [0.5, 0.6) is 0 Å². The number of hydrogen-bond acceptors (Lipinski definition) is 4. The number of aromatic nitrogens is 3. The van der Waals surface area contributed by atoms with Crippen LogP contribution < -0.4 is 0 Å². The normalized spacial score (nSPS) is 10.4. The Kier molecular flexibility index (Phi) is 7.03. The van der Waals surface area contributed by atoms with Crippen molar-refractivity contribution in [1.82, 2.24) is 14.5 Å². The second-order valence-corrected chi connectivity index (χ2v) is 6.97. The van der Waals surface area contributed by atoms with Crippen LogP contribution in [0.1, 0.15) is 30.5 Å². The monoisotopic (exact) mass is 423 g/mol. The molecule has 4 rings (SSSR count). The molecule has 0 amide bonds. The fraction of sp³-hybridized carbons (Fsp3) is 0.174. The summed E-state index contributed by atoms with van der Waals surface area (Å²) in [5.41, 5.74) is 2.97. The molecule has 2 aromatic carbocycles. The Hall–Kier alpha value is -3.38. The third-order valence-electron chi connectivity index (χ3n) is 4.35. The van der Waals surface area contributed by atoms with Crippen molar-refractivity contribution >= 4 is 17.6 Å². The van der Waals surface area contributed by atoms with E-state index in [1.807, 2.05) is 60.2 Å². The minimum atomic E-state index is -0.745. The summed E-state index contributed by atoms with van der Waals surface area (Å²) in [7, 11) is 0. The van der Waals surface area contributed by atoms with Gasteiger partial charge in [-0.15, -0.1) is 0 Å². The second kappa shape index (κ2) is 9.89. The first-order valence-corrected chi connectivity index (χ1v) is 9.87. The number of oxazole rings is 1. The highest BCUT2D eigenvalue weighted by Crippen LogP contribution is 2.29. The predicted molar refractivity (Wildman–Crippen MR) is 116 cm³/mol. The quantitative estimate of drug-likeness (QED) is 0.454. The smallest absolute Gasteiger partial charge is 0.307 e. The highest BCUT2D eigenvalue weighted by molar-refractivity contribution is 6.30. The van der Waals surface area contributed by atoms with Gasteiger partial charge in [0.1, 0.15) is 17.3 Å². The number of aryl methyl sites for hydroxylation is 1. The minimum Gasteiger partial charge on any atom is -0.481 e. The molecule has 30 heavy (non-hydrogen) atoms. The Morgan fingerprint density at radius 2 is 1.80 bits per heavy atom. The van der Waals surface area contributed by atoms with Crippen LogP contribution in [-0.4, -0.2) is 25.6 Å². The van der Waals surface area contributed by atoms with E-state index in [0.717, 1.165) is 22.8 Å². The molecule has 6 nitrogen and oxygen atoms in total. The van der Waals surface area contributed by atoms with E-state index in [-0.39, 0.29) is 6.42 Å². The zero-order valence-corrected chi connectivity index (χ0v) is 17.5. The van der Waals surface area contributed by atoms with Crippen molar-refractivity contribution in [2.24, 2.45) is 0 Å². The molecule has 0 aliphatic carbocycles. The number of carboxylic acid groups (broad SMARTS) is 1. The van der Waals surface area contributed by atoms with Gasteiger partial charge < -0.3 is 9.52 Å². The summed E-state index contributed by atoms with van der Waals surface area (Å²) >= 11 is 6.02. The molecule has 4 aromatic rings. The van der Waals surface area contributed by atoms with Crippen molar-refractivity contribution in [3.63, 3.8) is 0 Å². The highest BCUT2D eigenvalue weighted by atomic mass is 35.5. The summed E-state index contributed by atoms with van der Waals surface area (Å²) in [6.45, 7) is 3.52. The van der Waals surface area contributed by atoms with Crippen LogP contribution in [0, 0.1) is 6.92 Å². The van der Waals surface area contributed by atoms with E-state index in [1.54, 1.807) is 13.1 Å². The zero-order chi connectivity index (χ0) is 21.5. The Balaban J connectivity index is 0.000000461. The number of rotatable bonds is 5. The van der Waals surface area contributed by atoms with Crippen LogP contribution in [-0.2, 0) is 11.2 Å². The Labute approximate surface area is 179 Å². The van der Waals surface area contributed by atoms with Gasteiger partial charge >= 0.3 is 12.0 Å². The molecule has 0 radical (unpaired) electrons. The lowest BCUT2D eigenvalue weighted by molar-refractivity contribution is -0.136. The Bertz CT molecular complexity index is 1100. The molecule has 2 heterocycles. The molecule has 0 atom stereocenters. The number of hydrogen-bond donors (Lipinski definition) is 1. The van der Waals surface area contributed by atoms with Gasteiger partial charge in [-0.05, 0) is 24.6 Å². The predicted octanol–water partition coefficient (Wildman–Crippen LogP) is 5.56. The lowest BCUT2D eigenvalue weighted by atomic mass is 10.1. The summed E-state index contributed by atoms with van der Waals surface area (Å²) in [5.74, 6) is 0.900. The van der Waals surface area contributed by atoms with Gasteiger partial charge in [0.15, 0.2) is 0 Å². The standard InChI is InChI=1S/C20H16ClN3O.C3H6O2/c1-14-22-11-12-24(14)20-23-19(16-7-9-17(21)10-8-16)18(25-20)13-15-5-3-2-4-6-15;1-2-3(4)5/h2-12H,13H2,1H3;2H2,1H3,(H,4,5). The van der Waals surface area contributed by atoms with Crippen LogP contribution >= 0.6 is 11.6 Å². The number of benzene rings is 2. The lowest BCUT2D eigenvalue weighted by Gasteiger charge is -2.02. The topological polar surface area (TPSA) is 81.1 Å². The molecule has 1 N–H and O–H groups in total. The van der Waals surface area contributed by atoms with Crippen molar-refractivity contribution in [3.8, 4) is 17.3 Å². The van der Waals surface area contributed by atoms with E-state index < -0.39 is 5.97 Å². The van der Waals surface area contributed by atoms with E-state index in [1.165, 1.54) is 5.56 Å². The van der Waals surface area contributed by atoms with Crippen LogP contribution in [0.3, 0.4) is 0 Å². The molecule has 7 heteroatoms. The molecule has 0 aliphatic heterocycles. The van der Waals surface area contributed by atoms with E-state index in [4.69, 9.17) is 26.1 Å². The molecule has 0 spiro atoms. The third-order valence-corrected chi connectivity index (χ3v) is 4.60. The lowest BCUT2D eigenvalue weighted by Crippen LogP contribution is -1.95. The largest absolute Gasteiger partial charge is 0.481 e. The zero-order valence-electron chi connectivity index (χ0n) is 16.7. The average molecular weight is 424 g/mol. The number of carbonyl (C=O) groups is 1. The molecule has 0 saturated heterocycles. The minimum absolute atomic E-state index is 0.222. The molecular formula is C23H22ClN3O3. The molecule has 0 unspecified atom stereocenters. The van der Waals surface area contributed by atoms with Gasteiger partial charge in [-0.25, -0.2) is 4.98 Å². The van der Waals surface area contributed by atoms with E-state index in [0.29, 0.717) is 17.5 Å². The summed E-state index contributed by atoms with van der Waals surface area (Å²) < 4.78 is 7.95. The van der Waals surface area contributed by atoms with Crippen LogP contribution in [0.4, 0.5) is 0 Å². The van der Waals surface area contributed by atoms with E-state index in [2.05, 4.69) is 17.1 Å². The number of nitrogens with zero attached hydrogens (tertiary/aromatic N) is 3. The maximum atomic E-state index is 9.37. The highest BCUT2D eigenvalue weighted by Gasteiger charge is 2.17. The first kappa shape index (κ1) is 21.3. The first-order valence-electron chi connectivity index (χ1n) is 9.49. The molecule has 0 saturated carbocycles. The first-order chi connectivity index (χ1) is 14.5. The van der Waals surface area contributed by atoms with Crippen LogP contribution in [0.25, 0.3) is 17.3 Å². The van der Waals surface area contributed by atoms with Crippen LogP contribution in [0.2, 0.25) is 5.02 Å².